The number of hydrogen-bond donors (Lipinski definition) is 0. The van der Waals surface area contributed by atoms with Crippen LogP contribution in [0.25, 0.3) is 0 Å². The standard InChI is InChI=1S/C15H24N2Si/c1-14(2,3)16-13(12-10-8-7-9-11-12)17(18-16)15(4,5)6/h7-11,13H,1-6H3. The van der Waals surface area contributed by atoms with Crippen molar-refractivity contribution in [2.45, 2.75) is 58.8 Å². The van der Waals surface area contributed by atoms with Gasteiger partial charge in [0.1, 0.15) is 0 Å². The van der Waals surface area contributed by atoms with Crippen molar-refractivity contribution in [1.82, 2.24) is 9.13 Å². The third-order valence-electron chi connectivity index (χ3n) is 3.25. The highest BCUT2D eigenvalue weighted by atomic mass is 28.2. The van der Waals surface area contributed by atoms with Gasteiger partial charge in [-0.25, -0.2) is 0 Å². The summed E-state index contributed by atoms with van der Waals surface area (Å²) in [6.07, 6.45) is 0.421. The van der Waals surface area contributed by atoms with Gasteiger partial charge in [-0.05, 0) is 47.1 Å². The van der Waals surface area contributed by atoms with E-state index in [9.17, 15) is 0 Å². The van der Waals surface area contributed by atoms with Crippen LogP contribution >= 0.6 is 0 Å². The molecule has 18 heavy (non-hydrogen) atoms. The normalized spacial score (nSPS) is 19.9. The molecule has 0 amide bonds. The second-order valence-corrected chi connectivity index (χ2v) is 8.13. The van der Waals surface area contributed by atoms with Crippen LogP contribution in [0.3, 0.4) is 0 Å². The molecule has 1 fully saturated rings. The molecule has 0 spiro atoms. The fourth-order valence-electron chi connectivity index (χ4n) is 2.24. The maximum Gasteiger partial charge on any atom is 0.255 e. The Labute approximate surface area is 114 Å². The zero-order valence-electron chi connectivity index (χ0n) is 12.4. The van der Waals surface area contributed by atoms with Gasteiger partial charge in [0.2, 0.25) is 0 Å². The summed E-state index contributed by atoms with van der Waals surface area (Å²) in [7, 11) is 0.779. The van der Waals surface area contributed by atoms with Gasteiger partial charge >= 0.3 is 0 Å². The Balaban J connectivity index is 2.30. The smallest absolute Gasteiger partial charge is 0.255 e. The minimum Gasteiger partial charge on any atom is -0.289 e. The topological polar surface area (TPSA) is 6.48 Å². The first-order chi connectivity index (χ1) is 8.21. The quantitative estimate of drug-likeness (QED) is 0.714. The van der Waals surface area contributed by atoms with Gasteiger partial charge in [0.25, 0.3) is 9.84 Å². The van der Waals surface area contributed by atoms with E-state index in [2.05, 4.69) is 81.0 Å². The molecule has 2 nitrogen and oxygen atoms in total. The predicted molar refractivity (Wildman–Crippen MR) is 78.1 cm³/mol. The van der Waals surface area contributed by atoms with Crippen molar-refractivity contribution in [3.05, 3.63) is 35.9 Å². The van der Waals surface area contributed by atoms with Crippen LogP contribution in [0.15, 0.2) is 30.3 Å². The van der Waals surface area contributed by atoms with E-state index in [1.807, 2.05) is 0 Å². The SMILES string of the molecule is CC(C)(C)N1[Si]N(C(C)(C)C)C1c1ccccc1. The van der Waals surface area contributed by atoms with Gasteiger partial charge in [0.05, 0.1) is 6.17 Å². The van der Waals surface area contributed by atoms with Gasteiger partial charge in [-0.15, -0.1) is 0 Å². The zero-order valence-corrected chi connectivity index (χ0v) is 13.4. The Hall–Kier alpha value is -0.643. The third kappa shape index (κ3) is 2.53. The lowest BCUT2D eigenvalue weighted by Crippen LogP contribution is -2.70. The highest BCUT2D eigenvalue weighted by Gasteiger charge is 2.48. The van der Waals surface area contributed by atoms with E-state index in [1.54, 1.807) is 0 Å². The molecule has 0 aromatic heterocycles. The van der Waals surface area contributed by atoms with Crippen LogP contribution in [0.4, 0.5) is 0 Å². The minimum atomic E-state index is 0.223. The number of nitrogens with zero attached hydrogens (tertiary/aromatic N) is 2. The van der Waals surface area contributed by atoms with Gasteiger partial charge in [-0.1, -0.05) is 30.3 Å². The number of benzene rings is 1. The molecule has 0 atom stereocenters. The molecule has 1 aliphatic heterocycles. The average molecular weight is 260 g/mol. The van der Waals surface area contributed by atoms with Crippen molar-refractivity contribution in [3.8, 4) is 0 Å². The maximum atomic E-state index is 2.59. The van der Waals surface area contributed by atoms with E-state index >= 15 is 0 Å². The van der Waals surface area contributed by atoms with E-state index in [1.165, 1.54) is 5.56 Å². The Morgan fingerprint density at radius 3 is 1.67 bits per heavy atom. The molecular weight excluding hydrogens is 236 g/mol. The number of hydrogen-bond acceptors (Lipinski definition) is 2. The molecule has 1 aliphatic rings. The molecule has 1 aromatic rings. The van der Waals surface area contributed by atoms with Crippen molar-refractivity contribution in [1.29, 1.82) is 0 Å². The summed E-state index contributed by atoms with van der Waals surface area (Å²) in [5.74, 6) is 0. The molecule has 1 saturated heterocycles. The first-order valence-electron chi connectivity index (χ1n) is 6.61. The van der Waals surface area contributed by atoms with Crippen LogP contribution in [0, 0.1) is 0 Å². The maximum absolute atomic E-state index is 2.59. The largest absolute Gasteiger partial charge is 0.289 e. The number of rotatable bonds is 1. The third-order valence-corrected chi connectivity index (χ3v) is 5.51. The van der Waals surface area contributed by atoms with E-state index in [-0.39, 0.29) is 11.1 Å². The van der Waals surface area contributed by atoms with Crippen LogP contribution in [0.5, 0.6) is 0 Å². The van der Waals surface area contributed by atoms with E-state index in [0.717, 1.165) is 9.84 Å². The van der Waals surface area contributed by atoms with Gasteiger partial charge in [0.15, 0.2) is 0 Å². The lowest BCUT2D eigenvalue weighted by Gasteiger charge is -2.60. The molecule has 1 heterocycles. The molecule has 98 valence electrons. The van der Waals surface area contributed by atoms with Crippen molar-refractivity contribution >= 4 is 9.84 Å². The van der Waals surface area contributed by atoms with Gasteiger partial charge in [0, 0.05) is 11.1 Å². The summed E-state index contributed by atoms with van der Waals surface area (Å²) in [4.78, 5) is 0. The molecule has 0 bridgehead atoms. The van der Waals surface area contributed by atoms with Crippen molar-refractivity contribution in [3.63, 3.8) is 0 Å². The van der Waals surface area contributed by atoms with E-state index in [4.69, 9.17) is 0 Å². The lowest BCUT2D eigenvalue weighted by molar-refractivity contribution is -0.0206. The van der Waals surface area contributed by atoms with Crippen LogP contribution in [0.1, 0.15) is 53.3 Å². The molecule has 0 saturated carbocycles. The highest BCUT2D eigenvalue weighted by Crippen LogP contribution is 2.41. The first-order valence-corrected chi connectivity index (χ1v) is 7.50. The second kappa shape index (κ2) is 4.48. The minimum absolute atomic E-state index is 0.223. The van der Waals surface area contributed by atoms with Crippen LogP contribution in [0.2, 0.25) is 0 Å². The fraction of sp³-hybridized carbons (Fsp3) is 0.600. The summed E-state index contributed by atoms with van der Waals surface area (Å²) < 4.78 is 5.18. The second-order valence-electron chi connectivity index (χ2n) is 6.97. The van der Waals surface area contributed by atoms with Crippen molar-refractivity contribution in [2.24, 2.45) is 0 Å². The Morgan fingerprint density at radius 2 is 1.28 bits per heavy atom. The van der Waals surface area contributed by atoms with Gasteiger partial charge in [-0.2, -0.15) is 0 Å². The van der Waals surface area contributed by atoms with E-state index < -0.39 is 0 Å². The predicted octanol–water partition coefficient (Wildman–Crippen LogP) is 3.43. The Morgan fingerprint density at radius 1 is 0.833 bits per heavy atom. The molecule has 1 aromatic carbocycles. The summed E-state index contributed by atoms with van der Waals surface area (Å²) in [6.45, 7) is 13.8. The van der Waals surface area contributed by atoms with Gasteiger partial charge < -0.3 is 0 Å². The summed E-state index contributed by atoms with van der Waals surface area (Å²) in [5.41, 5.74) is 1.85. The Bertz CT molecular complexity index is 383. The molecule has 0 N–H and O–H groups in total. The van der Waals surface area contributed by atoms with Crippen molar-refractivity contribution in [2.75, 3.05) is 0 Å². The molecule has 3 heteroatoms. The summed E-state index contributed by atoms with van der Waals surface area (Å²) >= 11 is 0. The molecule has 2 rings (SSSR count). The van der Waals surface area contributed by atoms with Crippen LogP contribution < -0.4 is 0 Å². The Kier molecular flexibility index (Phi) is 3.43. The lowest BCUT2D eigenvalue weighted by atomic mass is 10.0. The zero-order chi connectivity index (χ0) is 13.6. The summed E-state index contributed by atoms with van der Waals surface area (Å²) in [6, 6.07) is 10.8. The fourth-order valence-corrected chi connectivity index (χ4v) is 3.65. The summed E-state index contributed by atoms with van der Waals surface area (Å²) in [5, 5.41) is 0. The molecular formula is C15H24N2Si. The monoisotopic (exact) mass is 260 g/mol. The van der Waals surface area contributed by atoms with Crippen molar-refractivity contribution < 1.29 is 0 Å². The van der Waals surface area contributed by atoms with Gasteiger partial charge in [-0.3, -0.25) is 9.13 Å². The molecule has 0 aliphatic carbocycles. The highest BCUT2D eigenvalue weighted by molar-refractivity contribution is 6.32. The molecule has 2 radical (unpaired) electrons. The van der Waals surface area contributed by atoms with E-state index in [0.29, 0.717) is 6.17 Å². The average Bonchev–Trinajstić information content (AvgIpc) is 2.12. The first kappa shape index (κ1) is 13.8. The van der Waals surface area contributed by atoms with Crippen LogP contribution in [-0.2, 0) is 0 Å². The molecule has 0 unspecified atom stereocenters. The van der Waals surface area contributed by atoms with Crippen LogP contribution in [-0.4, -0.2) is 30.1 Å².